The van der Waals surface area contributed by atoms with E-state index in [1.54, 1.807) is 20.8 Å². The van der Waals surface area contributed by atoms with Gasteiger partial charge in [-0.3, -0.25) is 9.59 Å². The van der Waals surface area contributed by atoms with Gasteiger partial charge in [-0.05, 0) is 67.6 Å². The van der Waals surface area contributed by atoms with Crippen molar-refractivity contribution in [1.82, 2.24) is 10.6 Å². The van der Waals surface area contributed by atoms with Gasteiger partial charge in [-0.15, -0.1) is 0 Å². The fourth-order valence-corrected chi connectivity index (χ4v) is 6.30. The van der Waals surface area contributed by atoms with Crippen molar-refractivity contribution in [2.75, 3.05) is 13.2 Å². The van der Waals surface area contributed by atoms with E-state index in [2.05, 4.69) is 44.5 Å². The first kappa shape index (κ1) is 35.8. The quantitative estimate of drug-likeness (QED) is 0.179. The number of amides is 2. The second kappa shape index (κ2) is 14.6. The van der Waals surface area contributed by atoms with Gasteiger partial charge in [0.25, 0.3) is 0 Å². The molecule has 10 nitrogen and oxygen atoms in total. The highest BCUT2D eigenvalue weighted by Crippen LogP contribution is 2.44. The minimum atomic E-state index is -2.29. The van der Waals surface area contributed by atoms with Crippen molar-refractivity contribution in [3.8, 4) is 11.1 Å². The lowest BCUT2D eigenvalue weighted by atomic mass is 9.98. The van der Waals surface area contributed by atoms with Crippen molar-refractivity contribution in [1.29, 1.82) is 0 Å². The van der Waals surface area contributed by atoms with Gasteiger partial charge in [0.05, 0.1) is 12.5 Å². The number of fused-ring (bicyclic) bond motifs is 3. The van der Waals surface area contributed by atoms with Gasteiger partial charge >= 0.3 is 18.0 Å². The van der Waals surface area contributed by atoms with Gasteiger partial charge in [0.2, 0.25) is 5.91 Å². The highest BCUT2D eigenvalue weighted by molar-refractivity contribution is 6.74. The van der Waals surface area contributed by atoms with Crippen LogP contribution in [0.25, 0.3) is 11.1 Å². The molecule has 0 saturated carbocycles. The van der Waals surface area contributed by atoms with Gasteiger partial charge in [0, 0.05) is 18.9 Å². The van der Waals surface area contributed by atoms with Crippen LogP contribution in [0.1, 0.15) is 77.8 Å². The van der Waals surface area contributed by atoms with E-state index in [0.29, 0.717) is 0 Å². The van der Waals surface area contributed by atoms with Gasteiger partial charge in [0.15, 0.2) is 8.32 Å². The van der Waals surface area contributed by atoms with Gasteiger partial charge in [-0.1, -0.05) is 69.3 Å². The Labute approximate surface area is 267 Å². The van der Waals surface area contributed by atoms with Crippen LogP contribution < -0.4 is 10.6 Å². The van der Waals surface area contributed by atoms with E-state index in [-0.39, 0.29) is 43.4 Å². The summed E-state index contributed by atoms with van der Waals surface area (Å²) in [5.41, 5.74) is 3.59. The van der Waals surface area contributed by atoms with Gasteiger partial charge in [-0.2, -0.15) is 0 Å². The van der Waals surface area contributed by atoms with E-state index in [1.165, 1.54) is 0 Å². The van der Waals surface area contributed by atoms with E-state index in [9.17, 15) is 24.3 Å². The number of carbonyl (C=O) groups excluding carboxylic acids is 3. The number of hydrogen-bond donors (Lipinski definition) is 3. The SMILES string of the molecule is CC(C)(C)OC(=O)C[C@@H](CNC(=O)CC[C@H](NC(=O)OCC1c2ccccc2-c2ccccc21)C(=O)O)O[Si](C)(C)C(C)(C)C. The maximum atomic E-state index is 12.8. The summed E-state index contributed by atoms with van der Waals surface area (Å²) < 4.78 is 17.4. The molecule has 3 N–H and O–H groups in total. The fraction of sp³-hybridized carbons (Fsp3) is 0.529. The van der Waals surface area contributed by atoms with E-state index >= 15 is 0 Å². The minimum absolute atomic E-state index is 0.0366. The lowest BCUT2D eigenvalue weighted by molar-refractivity contribution is -0.157. The second-order valence-electron chi connectivity index (χ2n) is 14.0. The van der Waals surface area contributed by atoms with Crippen molar-refractivity contribution < 1.29 is 38.2 Å². The molecule has 0 radical (unpaired) electrons. The smallest absolute Gasteiger partial charge is 0.407 e. The molecule has 1 aliphatic rings. The summed E-state index contributed by atoms with van der Waals surface area (Å²) in [5.74, 6) is -2.30. The summed E-state index contributed by atoms with van der Waals surface area (Å²) in [6, 6.07) is 14.5. The molecule has 0 aromatic heterocycles. The summed E-state index contributed by atoms with van der Waals surface area (Å²) in [4.78, 5) is 49.9. The Balaban J connectivity index is 1.54. The van der Waals surface area contributed by atoms with Crippen molar-refractivity contribution in [3.05, 3.63) is 59.7 Å². The molecular formula is C34H48N2O8Si. The van der Waals surface area contributed by atoms with E-state index in [4.69, 9.17) is 13.9 Å². The van der Waals surface area contributed by atoms with E-state index in [0.717, 1.165) is 22.3 Å². The summed E-state index contributed by atoms with van der Waals surface area (Å²) in [7, 11) is -2.29. The number of nitrogens with one attached hydrogen (secondary N) is 2. The zero-order valence-electron chi connectivity index (χ0n) is 27.7. The monoisotopic (exact) mass is 640 g/mol. The third-order valence-electron chi connectivity index (χ3n) is 8.20. The van der Waals surface area contributed by atoms with Gasteiger partial charge < -0.3 is 29.6 Å². The molecule has 0 fully saturated rings. The lowest BCUT2D eigenvalue weighted by Crippen LogP contribution is -2.48. The minimum Gasteiger partial charge on any atom is -0.480 e. The Morgan fingerprint density at radius 2 is 1.47 bits per heavy atom. The summed E-state index contributed by atoms with van der Waals surface area (Å²) in [6.45, 7) is 15.8. The van der Waals surface area contributed by atoms with Crippen molar-refractivity contribution in [2.24, 2.45) is 0 Å². The highest BCUT2D eigenvalue weighted by Gasteiger charge is 2.40. The van der Waals surface area contributed by atoms with Crippen LogP contribution >= 0.6 is 0 Å². The number of ether oxygens (including phenoxy) is 2. The molecule has 0 unspecified atom stereocenters. The van der Waals surface area contributed by atoms with E-state index < -0.39 is 50.0 Å². The number of benzene rings is 2. The lowest BCUT2D eigenvalue weighted by Gasteiger charge is -2.39. The van der Waals surface area contributed by atoms with Crippen LogP contribution in [-0.2, 0) is 28.3 Å². The maximum absolute atomic E-state index is 12.8. The molecule has 0 aliphatic heterocycles. The summed E-state index contributed by atoms with van der Waals surface area (Å²) in [5, 5.41) is 14.7. The molecule has 0 bridgehead atoms. The molecule has 3 rings (SSSR count). The summed E-state index contributed by atoms with van der Waals surface area (Å²) in [6.07, 6.45) is -1.83. The van der Waals surface area contributed by atoms with Crippen LogP contribution in [-0.4, -0.2) is 68.3 Å². The molecule has 0 saturated heterocycles. The molecule has 11 heteroatoms. The predicted molar refractivity (Wildman–Crippen MR) is 174 cm³/mol. The first-order chi connectivity index (χ1) is 20.9. The van der Waals surface area contributed by atoms with Crippen LogP contribution in [0.2, 0.25) is 18.1 Å². The van der Waals surface area contributed by atoms with Crippen LogP contribution in [0, 0.1) is 0 Å². The molecule has 2 amide bonds. The summed E-state index contributed by atoms with van der Waals surface area (Å²) >= 11 is 0. The van der Waals surface area contributed by atoms with Gasteiger partial charge in [-0.25, -0.2) is 9.59 Å². The maximum Gasteiger partial charge on any atom is 0.407 e. The predicted octanol–water partition coefficient (Wildman–Crippen LogP) is 6.00. The zero-order valence-corrected chi connectivity index (χ0v) is 28.7. The Kier molecular flexibility index (Phi) is 11.6. The average molecular weight is 641 g/mol. The van der Waals surface area contributed by atoms with Crippen LogP contribution in [0.15, 0.2) is 48.5 Å². The number of aliphatic carboxylic acids is 1. The molecule has 0 spiro atoms. The van der Waals surface area contributed by atoms with Gasteiger partial charge in [0.1, 0.15) is 18.2 Å². The second-order valence-corrected chi connectivity index (χ2v) is 18.8. The number of rotatable bonds is 13. The van der Waals surface area contributed by atoms with E-state index in [1.807, 2.05) is 48.5 Å². The molecule has 2 atom stereocenters. The highest BCUT2D eigenvalue weighted by atomic mass is 28.4. The average Bonchev–Trinajstić information content (AvgIpc) is 3.24. The van der Waals surface area contributed by atoms with Crippen molar-refractivity contribution in [2.45, 2.75) is 103 Å². The first-order valence-corrected chi connectivity index (χ1v) is 18.3. The molecule has 45 heavy (non-hydrogen) atoms. The standard InChI is InChI=1S/C34H48N2O8Si/c1-33(2,3)43-30(38)19-22(44-45(7,8)34(4,5)6)20-35-29(37)18-17-28(31(39)40)36-32(41)42-21-27-25-15-11-9-13-23(25)24-14-10-12-16-26(24)27/h9-16,22,27-28H,17-21H2,1-8H3,(H,35,37)(H,36,41)(H,39,40)/t22-,28-/m0/s1. The number of hydrogen-bond acceptors (Lipinski definition) is 7. The molecule has 246 valence electrons. The Morgan fingerprint density at radius 1 is 0.911 bits per heavy atom. The normalized spacial score (nSPS) is 14.5. The van der Waals surface area contributed by atoms with Crippen LogP contribution in [0.3, 0.4) is 0 Å². The third kappa shape index (κ3) is 10.2. The van der Waals surface area contributed by atoms with Crippen molar-refractivity contribution in [3.63, 3.8) is 0 Å². The topological polar surface area (TPSA) is 140 Å². The number of carboxylic acid groups (broad SMARTS) is 1. The van der Waals surface area contributed by atoms with Crippen LogP contribution in [0.4, 0.5) is 4.79 Å². The number of alkyl carbamates (subject to hydrolysis) is 1. The molecule has 0 heterocycles. The molecule has 1 aliphatic carbocycles. The Bertz CT molecular complexity index is 1330. The Hall–Kier alpha value is -3.70. The molecule has 2 aromatic rings. The Morgan fingerprint density at radius 3 is 1.98 bits per heavy atom. The third-order valence-corrected chi connectivity index (χ3v) is 12.7. The first-order valence-electron chi connectivity index (χ1n) is 15.4. The van der Waals surface area contributed by atoms with Crippen molar-refractivity contribution >= 4 is 32.3 Å². The molecular weight excluding hydrogens is 592 g/mol. The number of esters is 1. The largest absolute Gasteiger partial charge is 0.480 e. The van der Waals surface area contributed by atoms with Crippen LogP contribution in [0.5, 0.6) is 0 Å². The zero-order chi connectivity index (χ0) is 33.6. The molecule has 2 aromatic carbocycles. The fourth-order valence-electron chi connectivity index (χ4n) is 4.95. The number of carboxylic acids is 1. The number of carbonyl (C=O) groups is 4.